The lowest BCUT2D eigenvalue weighted by molar-refractivity contribution is 0.0720. The molecule has 0 aliphatic rings. The minimum Gasteiger partial charge on any atom is -0.404 e. The number of aryl methyl sites for hydroxylation is 3. The smallest absolute Gasteiger partial charge is 0.344 e. The first kappa shape index (κ1) is 12.4. The van der Waals surface area contributed by atoms with Gasteiger partial charge in [-0.1, -0.05) is 19.1 Å². The number of hydrogen-bond acceptors (Lipinski definition) is 3. The van der Waals surface area contributed by atoms with Crippen LogP contribution in [0.2, 0.25) is 0 Å². The maximum Gasteiger partial charge on any atom is 0.344 e. The van der Waals surface area contributed by atoms with E-state index in [1.165, 1.54) is 0 Å². The fourth-order valence-corrected chi connectivity index (χ4v) is 1.75. The van der Waals surface area contributed by atoms with Crippen molar-refractivity contribution in [1.82, 2.24) is 9.78 Å². The molecule has 0 saturated carbocycles. The van der Waals surface area contributed by atoms with Gasteiger partial charge < -0.3 is 4.74 Å². The van der Waals surface area contributed by atoms with Gasteiger partial charge in [-0.2, -0.15) is 5.10 Å². The predicted octanol–water partition coefficient (Wildman–Crippen LogP) is 2.51. The zero-order valence-electron chi connectivity index (χ0n) is 10.8. The van der Waals surface area contributed by atoms with Crippen molar-refractivity contribution < 1.29 is 9.53 Å². The standard InChI is InChI=1S/C14H16N2O2/c1-4-11-6-5-7-12(9-11)14(17)18-13-8-10(2)15-16(13)3/h5-9H,4H2,1-3H3. The molecule has 0 amide bonds. The van der Waals surface area contributed by atoms with Gasteiger partial charge in [-0.25, -0.2) is 9.48 Å². The van der Waals surface area contributed by atoms with Crippen molar-refractivity contribution in [2.75, 3.05) is 0 Å². The van der Waals surface area contributed by atoms with Gasteiger partial charge in [-0.3, -0.25) is 0 Å². The van der Waals surface area contributed by atoms with Crippen LogP contribution in [0.1, 0.15) is 28.5 Å². The molecule has 4 heteroatoms. The van der Waals surface area contributed by atoms with Gasteiger partial charge in [0, 0.05) is 13.1 Å². The van der Waals surface area contributed by atoms with Crippen LogP contribution in [-0.2, 0) is 13.5 Å². The normalized spacial score (nSPS) is 10.4. The number of carbonyl (C=O) groups is 1. The molecule has 0 aliphatic heterocycles. The number of esters is 1. The number of aromatic nitrogens is 2. The van der Waals surface area contributed by atoms with E-state index in [0.29, 0.717) is 11.4 Å². The van der Waals surface area contributed by atoms with Crippen LogP contribution in [0.15, 0.2) is 30.3 Å². The molecule has 2 aromatic rings. The summed E-state index contributed by atoms with van der Waals surface area (Å²) in [5.41, 5.74) is 2.50. The lowest BCUT2D eigenvalue weighted by atomic mass is 10.1. The Morgan fingerprint density at radius 3 is 2.78 bits per heavy atom. The first-order valence-electron chi connectivity index (χ1n) is 5.92. The van der Waals surface area contributed by atoms with Crippen molar-refractivity contribution in [1.29, 1.82) is 0 Å². The highest BCUT2D eigenvalue weighted by Gasteiger charge is 2.12. The van der Waals surface area contributed by atoms with E-state index in [0.717, 1.165) is 17.7 Å². The molecule has 94 valence electrons. The van der Waals surface area contributed by atoms with E-state index in [1.807, 2.05) is 25.1 Å². The van der Waals surface area contributed by atoms with Crippen molar-refractivity contribution in [3.05, 3.63) is 47.2 Å². The van der Waals surface area contributed by atoms with Gasteiger partial charge >= 0.3 is 5.97 Å². The Kier molecular flexibility index (Phi) is 3.46. The van der Waals surface area contributed by atoms with Gasteiger partial charge in [-0.15, -0.1) is 0 Å². The van der Waals surface area contributed by atoms with E-state index in [-0.39, 0.29) is 5.97 Å². The molecule has 1 aromatic carbocycles. The van der Waals surface area contributed by atoms with E-state index in [1.54, 1.807) is 23.9 Å². The van der Waals surface area contributed by atoms with Crippen molar-refractivity contribution in [2.45, 2.75) is 20.3 Å². The first-order chi connectivity index (χ1) is 8.60. The second-order valence-electron chi connectivity index (χ2n) is 4.19. The third kappa shape index (κ3) is 2.59. The summed E-state index contributed by atoms with van der Waals surface area (Å²) < 4.78 is 6.87. The van der Waals surface area contributed by atoms with Crippen LogP contribution in [0.3, 0.4) is 0 Å². The number of nitrogens with zero attached hydrogens (tertiary/aromatic N) is 2. The van der Waals surface area contributed by atoms with E-state index >= 15 is 0 Å². The summed E-state index contributed by atoms with van der Waals surface area (Å²) in [5, 5.41) is 4.13. The summed E-state index contributed by atoms with van der Waals surface area (Å²) >= 11 is 0. The minimum absolute atomic E-state index is 0.353. The van der Waals surface area contributed by atoms with Crippen molar-refractivity contribution in [3.8, 4) is 5.88 Å². The fourth-order valence-electron chi connectivity index (χ4n) is 1.75. The maximum absolute atomic E-state index is 12.0. The van der Waals surface area contributed by atoms with Gasteiger partial charge in [0.2, 0.25) is 5.88 Å². The molecule has 0 aliphatic carbocycles. The Hall–Kier alpha value is -2.10. The van der Waals surface area contributed by atoms with Crippen LogP contribution in [-0.4, -0.2) is 15.7 Å². The number of hydrogen-bond donors (Lipinski definition) is 0. The van der Waals surface area contributed by atoms with Crippen LogP contribution >= 0.6 is 0 Å². The van der Waals surface area contributed by atoms with Crippen LogP contribution in [0.4, 0.5) is 0 Å². The summed E-state index contributed by atoms with van der Waals surface area (Å²) in [6, 6.07) is 9.20. The van der Waals surface area contributed by atoms with Crippen LogP contribution in [0.5, 0.6) is 5.88 Å². The van der Waals surface area contributed by atoms with E-state index in [4.69, 9.17) is 4.74 Å². The quantitative estimate of drug-likeness (QED) is 0.779. The summed E-state index contributed by atoms with van der Waals surface area (Å²) in [7, 11) is 1.75. The lowest BCUT2D eigenvalue weighted by Crippen LogP contribution is -2.11. The topological polar surface area (TPSA) is 44.1 Å². The zero-order valence-corrected chi connectivity index (χ0v) is 10.8. The molecule has 0 atom stereocenters. The molecule has 0 spiro atoms. The highest BCUT2D eigenvalue weighted by Crippen LogP contribution is 2.14. The second-order valence-corrected chi connectivity index (χ2v) is 4.19. The largest absolute Gasteiger partial charge is 0.404 e. The van der Waals surface area contributed by atoms with Gasteiger partial charge in [0.05, 0.1) is 11.3 Å². The van der Waals surface area contributed by atoms with Gasteiger partial charge in [0.1, 0.15) is 0 Å². The summed E-state index contributed by atoms with van der Waals surface area (Å²) in [6.45, 7) is 3.91. The Balaban J connectivity index is 2.19. The summed E-state index contributed by atoms with van der Waals surface area (Å²) in [5.74, 6) is 0.104. The van der Waals surface area contributed by atoms with E-state index in [9.17, 15) is 4.79 Å². The fraction of sp³-hybridized carbons (Fsp3) is 0.286. The van der Waals surface area contributed by atoms with Crippen LogP contribution < -0.4 is 4.74 Å². The minimum atomic E-state index is -0.353. The average molecular weight is 244 g/mol. The molecule has 0 N–H and O–H groups in total. The molecule has 1 heterocycles. The monoisotopic (exact) mass is 244 g/mol. The SMILES string of the molecule is CCc1cccc(C(=O)Oc2cc(C)nn2C)c1. The molecule has 0 saturated heterocycles. The Morgan fingerprint density at radius 2 is 2.17 bits per heavy atom. The highest BCUT2D eigenvalue weighted by molar-refractivity contribution is 5.91. The third-order valence-electron chi connectivity index (χ3n) is 2.73. The molecular formula is C14H16N2O2. The summed E-state index contributed by atoms with van der Waals surface area (Å²) in [6.07, 6.45) is 0.895. The Morgan fingerprint density at radius 1 is 1.39 bits per heavy atom. The van der Waals surface area contributed by atoms with E-state index in [2.05, 4.69) is 12.0 Å². The summed E-state index contributed by atoms with van der Waals surface area (Å²) in [4.78, 5) is 12.0. The molecule has 0 unspecified atom stereocenters. The molecule has 1 aromatic heterocycles. The Labute approximate surface area is 106 Å². The lowest BCUT2D eigenvalue weighted by Gasteiger charge is -2.05. The predicted molar refractivity (Wildman–Crippen MR) is 68.7 cm³/mol. The van der Waals surface area contributed by atoms with Gasteiger partial charge in [0.15, 0.2) is 0 Å². The molecule has 4 nitrogen and oxygen atoms in total. The molecule has 0 radical (unpaired) electrons. The molecular weight excluding hydrogens is 228 g/mol. The second kappa shape index (κ2) is 5.04. The van der Waals surface area contributed by atoms with Crippen molar-refractivity contribution in [2.24, 2.45) is 7.05 Å². The molecule has 2 rings (SSSR count). The number of ether oxygens (including phenoxy) is 1. The van der Waals surface area contributed by atoms with E-state index < -0.39 is 0 Å². The molecule has 18 heavy (non-hydrogen) atoms. The maximum atomic E-state index is 12.0. The first-order valence-corrected chi connectivity index (χ1v) is 5.92. The average Bonchev–Trinajstić information content (AvgIpc) is 2.68. The van der Waals surface area contributed by atoms with Gasteiger partial charge in [0.25, 0.3) is 0 Å². The van der Waals surface area contributed by atoms with Crippen LogP contribution in [0.25, 0.3) is 0 Å². The van der Waals surface area contributed by atoms with Gasteiger partial charge in [-0.05, 0) is 31.0 Å². The zero-order chi connectivity index (χ0) is 13.1. The molecule has 0 bridgehead atoms. The molecule has 0 fully saturated rings. The number of benzene rings is 1. The highest BCUT2D eigenvalue weighted by atomic mass is 16.5. The van der Waals surface area contributed by atoms with Crippen molar-refractivity contribution in [3.63, 3.8) is 0 Å². The van der Waals surface area contributed by atoms with Crippen molar-refractivity contribution >= 4 is 5.97 Å². The van der Waals surface area contributed by atoms with Crippen LogP contribution in [0, 0.1) is 6.92 Å². The third-order valence-corrected chi connectivity index (χ3v) is 2.73. The number of rotatable bonds is 3. The Bertz CT molecular complexity index is 573. The number of carbonyl (C=O) groups excluding carboxylic acids is 1.